The van der Waals surface area contributed by atoms with Gasteiger partial charge in [-0.2, -0.15) is 0 Å². The molecule has 1 aromatic rings. The normalized spacial score (nSPS) is 17.5. The second kappa shape index (κ2) is 7.36. The van der Waals surface area contributed by atoms with Gasteiger partial charge in [0.15, 0.2) is 0 Å². The number of benzene rings is 1. The van der Waals surface area contributed by atoms with Crippen molar-refractivity contribution in [2.75, 3.05) is 19.6 Å². The molecule has 2 N–H and O–H groups in total. The third-order valence-corrected chi connectivity index (χ3v) is 5.27. The van der Waals surface area contributed by atoms with E-state index in [2.05, 4.69) is 17.0 Å². The number of sulfonamides is 1. The molecule has 1 aliphatic rings. The molecular formula is C13H20ClN3O4S. The van der Waals surface area contributed by atoms with Crippen molar-refractivity contribution in [1.29, 1.82) is 0 Å². The standard InChI is InChI=1S/C13H19N3O4S.ClH/c1-13(6-8-14-9-7-13)10-15-21(19,20)12-4-2-11(3-5-12)16(17)18;/h2-5,14-15H,6-10H2,1H3;1H. The summed E-state index contributed by atoms with van der Waals surface area (Å²) in [7, 11) is -3.63. The lowest BCUT2D eigenvalue weighted by Crippen LogP contribution is -2.42. The Hall–Kier alpha value is -1.22. The first-order valence-corrected chi connectivity index (χ1v) is 8.26. The monoisotopic (exact) mass is 349 g/mol. The van der Waals surface area contributed by atoms with Crippen molar-refractivity contribution in [2.45, 2.75) is 24.7 Å². The van der Waals surface area contributed by atoms with E-state index in [1.807, 2.05) is 0 Å². The molecule has 124 valence electrons. The zero-order valence-electron chi connectivity index (χ0n) is 12.2. The van der Waals surface area contributed by atoms with Gasteiger partial charge in [0.25, 0.3) is 5.69 Å². The first-order valence-electron chi connectivity index (χ1n) is 6.77. The van der Waals surface area contributed by atoms with Crippen molar-refractivity contribution in [3.8, 4) is 0 Å². The summed E-state index contributed by atoms with van der Waals surface area (Å²) in [5.41, 5.74) is -0.182. The lowest BCUT2D eigenvalue weighted by Gasteiger charge is -2.34. The van der Waals surface area contributed by atoms with Crippen LogP contribution in [0.4, 0.5) is 5.69 Å². The van der Waals surface area contributed by atoms with Crippen LogP contribution in [-0.2, 0) is 10.0 Å². The average molecular weight is 350 g/mol. The van der Waals surface area contributed by atoms with Crippen LogP contribution in [0.2, 0.25) is 0 Å². The highest BCUT2D eigenvalue weighted by Crippen LogP contribution is 2.27. The molecule has 7 nitrogen and oxygen atoms in total. The summed E-state index contributed by atoms with van der Waals surface area (Å²) in [6.07, 6.45) is 1.82. The van der Waals surface area contributed by atoms with Crippen LogP contribution in [0.1, 0.15) is 19.8 Å². The topological polar surface area (TPSA) is 101 Å². The minimum Gasteiger partial charge on any atom is -0.317 e. The number of non-ortho nitro benzene ring substituents is 1. The van der Waals surface area contributed by atoms with Crippen LogP contribution < -0.4 is 10.0 Å². The van der Waals surface area contributed by atoms with Crippen LogP contribution in [0.3, 0.4) is 0 Å². The first-order chi connectivity index (χ1) is 9.82. The predicted octanol–water partition coefficient (Wildman–Crippen LogP) is 1.68. The Labute approximate surface area is 136 Å². The molecule has 9 heteroatoms. The summed E-state index contributed by atoms with van der Waals surface area (Å²) >= 11 is 0. The van der Waals surface area contributed by atoms with Gasteiger partial charge in [-0.3, -0.25) is 10.1 Å². The summed E-state index contributed by atoms with van der Waals surface area (Å²) in [4.78, 5) is 10.1. The SMILES string of the molecule is CC1(CNS(=O)(=O)c2ccc([N+](=O)[O-])cc2)CCNCC1.Cl. The average Bonchev–Trinajstić information content (AvgIpc) is 2.46. The van der Waals surface area contributed by atoms with Gasteiger partial charge in [0.2, 0.25) is 10.0 Å². The molecule has 0 aliphatic carbocycles. The Bertz CT molecular complexity index is 613. The van der Waals surface area contributed by atoms with Crippen LogP contribution in [0, 0.1) is 15.5 Å². The molecule has 2 rings (SSSR count). The lowest BCUT2D eigenvalue weighted by molar-refractivity contribution is -0.384. The van der Waals surface area contributed by atoms with Crippen molar-refractivity contribution in [1.82, 2.24) is 10.0 Å². The molecule has 1 heterocycles. The molecule has 0 amide bonds. The number of nitro groups is 1. The molecule has 0 unspecified atom stereocenters. The van der Waals surface area contributed by atoms with Gasteiger partial charge in [0.1, 0.15) is 0 Å². The molecule has 0 aromatic heterocycles. The molecule has 1 fully saturated rings. The van der Waals surface area contributed by atoms with Crippen molar-refractivity contribution in [3.05, 3.63) is 34.4 Å². The summed E-state index contributed by atoms with van der Waals surface area (Å²) in [5, 5.41) is 13.8. The number of nitro benzene ring substituents is 1. The smallest absolute Gasteiger partial charge is 0.269 e. The van der Waals surface area contributed by atoms with Crippen molar-refractivity contribution < 1.29 is 13.3 Å². The number of rotatable bonds is 5. The first kappa shape index (κ1) is 18.8. The van der Waals surface area contributed by atoms with E-state index < -0.39 is 14.9 Å². The minimum atomic E-state index is -3.63. The van der Waals surface area contributed by atoms with E-state index in [4.69, 9.17) is 0 Å². The van der Waals surface area contributed by atoms with Crippen LogP contribution in [0.15, 0.2) is 29.2 Å². The largest absolute Gasteiger partial charge is 0.317 e. The fourth-order valence-electron chi connectivity index (χ4n) is 2.31. The number of hydrogen-bond donors (Lipinski definition) is 2. The van der Waals surface area contributed by atoms with E-state index in [-0.39, 0.29) is 28.4 Å². The van der Waals surface area contributed by atoms with Crippen LogP contribution in [0.25, 0.3) is 0 Å². The number of nitrogens with one attached hydrogen (secondary N) is 2. The highest BCUT2D eigenvalue weighted by atomic mass is 35.5. The van der Waals surface area contributed by atoms with Gasteiger partial charge in [-0.1, -0.05) is 6.92 Å². The maximum atomic E-state index is 12.2. The lowest BCUT2D eigenvalue weighted by atomic mass is 9.81. The van der Waals surface area contributed by atoms with E-state index in [0.717, 1.165) is 25.9 Å². The van der Waals surface area contributed by atoms with Gasteiger partial charge in [-0.05, 0) is 43.5 Å². The van der Waals surface area contributed by atoms with Gasteiger partial charge in [0, 0.05) is 18.7 Å². The van der Waals surface area contributed by atoms with E-state index in [1.165, 1.54) is 24.3 Å². The summed E-state index contributed by atoms with van der Waals surface area (Å²) < 4.78 is 27.0. The van der Waals surface area contributed by atoms with Crippen LogP contribution >= 0.6 is 12.4 Å². The van der Waals surface area contributed by atoms with Crippen molar-refractivity contribution in [2.24, 2.45) is 5.41 Å². The van der Waals surface area contributed by atoms with Crippen LogP contribution in [-0.4, -0.2) is 33.0 Å². The van der Waals surface area contributed by atoms with Crippen molar-refractivity contribution >= 4 is 28.1 Å². The van der Waals surface area contributed by atoms with Crippen LogP contribution in [0.5, 0.6) is 0 Å². The molecule has 0 spiro atoms. The predicted molar refractivity (Wildman–Crippen MR) is 85.7 cm³/mol. The molecule has 0 radical (unpaired) electrons. The van der Waals surface area contributed by atoms with E-state index in [1.54, 1.807) is 0 Å². The van der Waals surface area contributed by atoms with E-state index >= 15 is 0 Å². The molecule has 0 saturated carbocycles. The maximum absolute atomic E-state index is 12.2. The number of hydrogen-bond acceptors (Lipinski definition) is 5. The molecule has 0 atom stereocenters. The fraction of sp³-hybridized carbons (Fsp3) is 0.538. The fourth-order valence-corrected chi connectivity index (χ4v) is 3.51. The molecule has 0 bridgehead atoms. The summed E-state index contributed by atoms with van der Waals surface area (Å²) in [5.74, 6) is 0. The Morgan fingerprint density at radius 3 is 2.32 bits per heavy atom. The highest BCUT2D eigenvalue weighted by molar-refractivity contribution is 7.89. The second-order valence-corrected chi connectivity index (χ2v) is 7.40. The quantitative estimate of drug-likeness (QED) is 0.622. The van der Waals surface area contributed by atoms with Gasteiger partial charge >= 0.3 is 0 Å². The van der Waals surface area contributed by atoms with E-state index in [0.29, 0.717) is 6.54 Å². The number of nitrogens with zero attached hydrogens (tertiary/aromatic N) is 1. The second-order valence-electron chi connectivity index (χ2n) is 5.64. The van der Waals surface area contributed by atoms with Crippen molar-refractivity contribution in [3.63, 3.8) is 0 Å². The Morgan fingerprint density at radius 2 is 1.82 bits per heavy atom. The number of piperidine rings is 1. The van der Waals surface area contributed by atoms with Gasteiger partial charge in [-0.15, -0.1) is 12.4 Å². The molecule has 22 heavy (non-hydrogen) atoms. The Kier molecular flexibility index (Phi) is 6.30. The summed E-state index contributed by atoms with van der Waals surface area (Å²) in [6, 6.07) is 4.90. The zero-order chi connectivity index (χ0) is 15.5. The molecular weight excluding hydrogens is 330 g/mol. The molecule has 1 aromatic carbocycles. The minimum absolute atomic E-state index is 0. The third-order valence-electron chi connectivity index (χ3n) is 3.86. The highest BCUT2D eigenvalue weighted by Gasteiger charge is 2.28. The van der Waals surface area contributed by atoms with Gasteiger partial charge in [-0.25, -0.2) is 13.1 Å². The molecule has 1 aliphatic heterocycles. The van der Waals surface area contributed by atoms with Gasteiger partial charge < -0.3 is 5.32 Å². The Balaban J connectivity index is 0.00000242. The third kappa shape index (κ3) is 4.64. The summed E-state index contributed by atoms with van der Waals surface area (Å²) in [6.45, 7) is 4.20. The Morgan fingerprint density at radius 1 is 1.27 bits per heavy atom. The number of halogens is 1. The maximum Gasteiger partial charge on any atom is 0.269 e. The zero-order valence-corrected chi connectivity index (χ0v) is 13.9. The van der Waals surface area contributed by atoms with E-state index in [9.17, 15) is 18.5 Å². The molecule has 1 saturated heterocycles. The van der Waals surface area contributed by atoms with Gasteiger partial charge in [0.05, 0.1) is 9.82 Å².